The van der Waals surface area contributed by atoms with Crippen molar-refractivity contribution in [1.82, 2.24) is 24.9 Å². The van der Waals surface area contributed by atoms with Crippen LogP contribution < -0.4 is 5.32 Å². The van der Waals surface area contributed by atoms with Crippen molar-refractivity contribution in [2.75, 3.05) is 13.2 Å². The van der Waals surface area contributed by atoms with E-state index in [2.05, 4.69) is 20.4 Å². The number of amides is 1. The highest BCUT2D eigenvalue weighted by Crippen LogP contribution is 2.05. The van der Waals surface area contributed by atoms with Gasteiger partial charge in [0.2, 0.25) is 5.82 Å². The van der Waals surface area contributed by atoms with Gasteiger partial charge in [0.15, 0.2) is 0 Å². The first-order valence-electron chi connectivity index (χ1n) is 6.11. The summed E-state index contributed by atoms with van der Waals surface area (Å²) in [5.74, 6) is 0.148. The number of hydrogen-bond donors (Lipinski definition) is 2. The Kier molecular flexibility index (Phi) is 3.75. The molecule has 2 aromatic rings. The van der Waals surface area contributed by atoms with Gasteiger partial charge in [0.25, 0.3) is 11.7 Å². The van der Waals surface area contributed by atoms with Crippen molar-refractivity contribution in [3.63, 3.8) is 0 Å². The minimum Gasteiger partial charge on any atom is -0.396 e. The average molecular weight is 263 g/mol. The highest BCUT2D eigenvalue weighted by Gasteiger charge is 2.15. The molecule has 0 radical (unpaired) electrons. The lowest BCUT2D eigenvalue weighted by molar-refractivity contribution is 0.0932. The lowest BCUT2D eigenvalue weighted by Crippen LogP contribution is -2.30. The quantitative estimate of drug-likeness (QED) is 0.816. The van der Waals surface area contributed by atoms with Crippen LogP contribution in [0.5, 0.6) is 0 Å². The molecule has 1 amide bonds. The van der Waals surface area contributed by atoms with E-state index in [9.17, 15) is 4.79 Å². The lowest BCUT2D eigenvalue weighted by atomic mass is 10.2. The summed E-state index contributed by atoms with van der Waals surface area (Å²) in [6.07, 6.45) is 0. The van der Waals surface area contributed by atoms with Gasteiger partial charge in [-0.3, -0.25) is 4.79 Å². The van der Waals surface area contributed by atoms with E-state index >= 15 is 0 Å². The molecule has 0 aliphatic rings. The van der Waals surface area contributed by atoms with E-state index in [0.29, 0.717) is 12.3 Å². The molecule has 0 bridgehead atoms. The van der Waals surface area contributed by atoms with E-state index in [1.165, 1.54) is 4.52 Å². The highest BCUT2D eigenvalue weighted by atomic mass is 16.3. The number of carbonyl (C=O) groups is 1. The summed E-state index contributed by atoms with van der Waals surface area (Å²) < 4.78 is 1.54. The predicted octanol–water partition coefficient (Wildman–Crippen LogP) is 0.0993. The van der Waals surface area contributed by atoms with Crippen molar-refractivity contribution in [2.45, 2.75) is 20.8 Å². The maximum atomic E-state index is 11.9. The molecule has 0 saturated carbocycles. The van der Waals surface area contributed by atoms with Crippen molar-refractivity contribution in [1.29, 1.82) is 0 Å². The van der Waals surface area contributed by atoms with Crippen molar-refractivity contribution < 1.29 is 9.90 Å². The minimum absolute atomic E-state index is 0.00286. The van der Waals surface area contributed by atoms with Gasteiger partial charge in [0.1, 0.15) is 0 Å². The molecule has 2 rings (SSSR count). The van der Waals surface area contributed by atoms with Gasteiger partial charge in [-0.25, -0.2) is 9.50 Å². The number of nitrogens with one attached hydrogen (secondary N) is 1. The maximum Gasteiger partial charge on any atom is 0.291 e. The number of hydrogen-bond acceptors (Lipinski definition) is 5. The first kappa shape index (κ1) is 13.4. The van der Waals surface area contributed by atoms with E-state index in [-0.39, 0.29) is 24.3 Å². The summed E-state index contributed by atoms with van der Waals surface area (Å²) in [6, 6.07) is 1.87. The summed E-state index contributed by atoms with van der Waals surface area (Å²) in [4.78, 5) is 20.2. The molecular formula is C12H17N5O2. The third kappa shape index (κ3) is 2.87. The molecule has 19 heavy (non-hydrogen) atoms. The maximum absolute atomic E-state index is 11.9. The van der Waals surface area contributed by atoms with Crippen LogP contribution in [0.1, 0.15) is 28.9 Å². The van der Waals surface area contributed by atoms with Gasteiger partial charge in [0.05, 0.1) is 0 Å². The van der Waals surface area contributed by atoms with E-state index in [1.807, 2.05) is 26.8 Å². The van der Waals surface area contributed by atoms with E-state index in [4.69, 9.17) is 5.11 Å². The van der Waals surface area contributed by atoms with Crippen LogP contribution in [0.2, 0.25) is 0 Å². The Morgan fingerprint density at radius 2 is 2.21 bits per heavy atom. The molecule has 0 spiro atoms. The Balaban J connectivity index is 2.21. The molecule has 1 atom stereocenters. The smallest absolute Gasteiger partial charge is 0.291 e. The standard InChI is InChI=1S/C12H17N5O2/c1-7(6-18)5-13-11(19)10-15-12-14-8(2)4-9(3)17(12)16-10/h4,7,18H,5-6H2,1-3H3,(H,13,19). The zero-order valence-corrected chi connectivity index (χ0v) is 11.2. The van der Waals surface area contributed by atoms with Gasteiger partial charge < -0.3 is 10.4 Å². The molecule has 0 aliphatic carbocycles. The van der Waals surface area contributed by atoms with Crippen LogP contribution in [-0.4, -0.2) is 43.7 Å². The second-order valence-corrected chi connectivity index (χ2v) is 4.68. The van der Waals surface area contributed by atoms with Crippen molar-refractivity contribution >= 4 is 11.7 Å². The second-order valence-electron chi connectivity index (χ2n) is 4.68. The molecule has 0 aliphatic heterocycles. The average Bonchev–Trinajstić information content (AvgIpc) is 2.79. The number of rotatable bonds is 4. The first-order chi connectivity index (χ1) is 9.01. The molecule has 7 nitrogen and oxygen atoms in total. The van der Waals surface area contributed by atoms with E-state index in [1.54, 1.807) is 0 Å². The third-order valence-corrected chi connectivity index (χ3v) is 2.74. The summed E-state index contributed by atoms with van der Waals surface area (Å²) >= 11 is 0. The summed E-state index contributed by atoms with van der Waals surface area (Å²) in [5.41, 5.74) is 1.70. The molecular weight excluding hydrogens is 246 g/mol. The fraction of sp³-hybridized carbons (Fsp3) is 0.500. The first-order valence-corrected chi connectivity index (χ1v) is 6.11. The Labute approximate surface area is 110 Å². The van der Waals surface area contributed by atoms with Gasteiger partial charge in [-0.15, -0.1) is 5.10 Å². The minimum atomic E-state index is -0.358. The predicted molar refractivity (Wildman–Crippen MR) is 68.8 cm³/mol. The van der Waals surface area contributed by atoms with Crippen LogP contribution in [0.3, 0.4) is 0 Å². The van der Waals surface area contributed by atoms with Crippen LogP contribution in [0.4, 0.5) is 0 Å². The van der Waals surface area contributed by atoms with E-state index < -0.39 is 0 Å². The molecule has 0 saturated heterocycles. The molecule has 2 aromatic heterocycles. The number of aromatic nitrogens is 4. The molecule has 0 fully saturated rings. The van der Waals surface area contributed by atoms with Gasteiger partial charge in [0, 0.05) is 24.5 Å². The van der Waals surface area contributed by atoms with Crippen molar-refractivity contribution in [3.8, 4) is 0 Å². The Bertz CT molecular complexity index is 607. The van der Waals surface area contributed by atoms with Crippen molar-refractivity contribution in [3.05, 3.63) is 23.3 Å². The number of aryl methyl sites for hydroxylation is 2. The number of aliphatic hydroxyl groups is 1. The van der Waals surface area contributed by atoms with Gasteiger partial charge >= 0.3 is 0 Å². The van der Waals surface area contributed by atoms with Gasteiger partial charge in [-0.2, -0.15) is 4.98 Å². The lowest BCUT2D eigenvalue weighted by Gasteiger charge is -2.07. The second kappa shape index (κ2) is 5.31. The monoisotopic (exact) mass is 263 g/mol. The highest BCUT2D eigenvalue weighted by molar-refractivity contribution is 5.90. The fourth-order valence-electron chi connectivity index (χ4n) is 1.67. The normalized spacial score (nSPS) is 12.6. The number of carbonyl (C=O) groups excluding carboxylic acids is 1. The SMILES string of the molecule is Cc1cc(C)n2nc(C(=O)NCC(C)CO)nc2n1. The molecule has 102 valence electrons. The molecule has 2 N–H and O–H groups in total. The summed E-state index contributed by atoms with van der Waals surface area (Å²) in [6.45, 7) is 6.00. The fourth-order valence-corrected chi connectivity index (χ4v) is 1.67. The topological polar surface area (TPSA) is 92.4 Å². The molecule has 0 aromatic carbocycles. The van der Waals surface area contributed by atoms with Crippen molar-refractivity contribution in [2.24, 2.45) is 5.92 Å². The Morgan fingerprint density at radius 3 is 2.89 bits per heavy atom. The Morgan fingerprint density at radius 1 is 1.47 bits per heavy atom. The van der Waals surface area contributed by atoms with Gasteiger partial charge in [-0.1, -0.05) is 6.92 Å². The summed E-state index contributed by atoms with van der Waals surface area (Å²) in [7, 11) is 0. The van der Waals surface area contributed by atoms with Gasteiger partial charge in [-0.05, 0) is 25.8 Å². The zero-order valence-electron chi connectivity index (χ0n) is 11.2. The number of fused-ring (bicyclic) bond motifs is 1. The van der Waals surface area contributed by atoms with Crippen LogP contribution in [0.25, 0.3) is 5.78 Å². The molecule has 7 heteroatoms. The van der Waals surface area contributed by atoms with E-state index in [0.717, 1.165) is 11.4 Å². The van der Waals surface area contributed by atoms with Crippen LogP contribution in [0, 0.1) is 19.8 Å². The Hall–Kier alpha value is -2.02. The molecule has 2 heterocycles. The number of nitrogens with zero attached hydrogens (tertiary/aromatic N) is 4. The largest absolute Gasteiger partial charge is 0.396 e. The third-order valence-electron chi connectivity index (χ3n) is 2.74. The van der Waals surface area contributed by atoms with Crippen LogP contribution in [0.15, 0.2) is 6.07 Å². The zero-order chi connectivity index (χ0) is 14.0. The summed E-state index contributed by atoms with van der Waals surface area (Å²) in [5, 5.41) is 15.7. The van der Waals surface area contributed by atoms with Crippen LogP contribution >= 0.6 is 0 Å². The van der Waals surface area contributed by atoms with Crippen LogP contribution in [-0.2, 0) is 0 Å². The number of aliphatic hydroxyl groups excluding tert-OH is 1. The molecule has 1 unspecified atom stereocenters.